The molecule has 1 heterocycles. The van der Waals surface area contributed by atoms with Crippen molar-refractivity contribution < 1.29 is 18.0 Å². The third kappa shape index (κ3) is 4.99. The summed E-state index contributed by atoms with van der Waals surface area (Å²) in [5.74, 6) is -1.44. The van der Waals surface area contributed by atoms with Crippen molar-refractivity contribution in [3.63, 3.8) is 0 Å². The molecule has 1 aliphatic carbocycles. The maximum absolute atomic E-state index is 12.4. The van der Waals surface area contributed by atoms with Crippen LogP contribution in [0.2, 0.25) is 0 Å². The first-order valence-corrected chi connectivity index (χ1v) is 11.0. The van der Waals surface area contributed by atoms with E-state index in [1.807, 2.05) is 0 Å². The van der Waals surface area contributed by atoms with Crippen molar-refractivity contribution in [3.05, 3.63) is 18.2 Å². The zero-order valence-corrected chi connectivity index (χ0v) is 16.2. The molecule has 0 bridgehead atoms. The van der Waals surface area contributed by atoms with Crippen LogP contribution in [0.5, 0.6) is 0 Å². The van der Waals surface area contributed by atoms with Gasteiger partial charge in [0.15, 0.2) is 0 Å². The van der Waals surface area contributed by atoms with Gasteiger partial charge in [-0.05, 0) is 25.0 Å². The van der Waals surface area contributed by atoms with Gasteiger partial charge in [-0.1, -0.05) is 25.3 Å². The van der Waals surface area contributed by atoms with Crippen LogP contribution in [0.3, 0.4) is 0 Å². The number of sulfonamides is 1. The van der Waals surface area contributed by atoms with E-state index in [0.29, 0.717) is 11.0 Å². The van der Waals surface area contributed by atoms with E-state index in [1.165, 1.54) is 6.07 Å². The number of fused-ring (bicyclic) bond motifs is 1. The molecule has 2 aromatic rings. The topological polar surface area (TPSA) is 130 Å². The van der Waals surface area contributed by atoms with E-state index in [2.05, 4.69) is 24.1 Å². The van der Waals surface area contributed by atoms with Crippen LogP contribution in [0.15, 0.2) is 23.1 Å². The van der Waals surface area contributed by atoms with Gasteiger partial charge in [0.2, 0.25) is 10.0 Å². The Kier molecular flexibility index (Phi) is 6.34. The molecule has 0 atom stereocenters. The van der Waals surface area contributed by atoms with Gasteiger partial charge in [-0.3, -0.25) is 9.59 Å². The fraction of sp³-hybridized carbons (Fsp3) is 0.500. The summed E-state index contributed by atoms with van der Waals surface area (Å²) in [5, 5.41) is 5.14. The van der Waals surface area contributed by atoms with Gasteiger partial charge in [-0.15, -0.1) is 0 Å². The van der Waals surface area contributed by atoms with Gasteiger partial charge in [0.1, 0.15) is 15.9 Å². The molecule has 0 radical (unpaired) electrons. The molecular weight excluding hydrogens is 390 g/mol. The molecule has 0 saturated heterocycles. The largest absolute Gasteiger partial charge is 0.347 e. The molecule has 1 fully saturated rings. The SMILES string of the molecule is O=C(NCCNS(=O)(=O)c1cccc2nsnc12)C(=O)NC1CCCCC1. The standard InChI is InChI=1S/C16H21N5O4S2/c22-15(16(23)19-11-5-2-1-3-6-11)17-9-10-18-27(24,25)13-8-4-7-12-14(13)21-26-20-12/h4,7-8,11,18H,1-3,5-6,9-10H2,(H,17,22)(H,19,23). The van der Waals surface area contributed by atoms with Crippen molar-refractivity contribution in [1.82, 2.24) is 24.1 Å². The Balaban J connectivity index is 1.47. The molecule has 27 heavy (non-hydrogen) atoms. The first-order valence-electron chi connectivity index (χ1n) is 8.77. The maximum atomic E-state index is 12.4. The zero-order chi connectivity index (χ0) is 19.3. The molecule has 146 valence electrons. The molecule has 0 spiro atoms. The van der Waals surface area contributed by atoms with Crippen LogP contribution in [0.1, 0.15) is 32.1 Å². The van der Waals surface area contributed by atoms with E-state index in [9.17, 15) is 18.0 Å². The average molecular weight is 412 g/mol. The van der Waals surface area contributed by atoms with Crippen molar-refractivity contribution >= 4 is 44.6 Å². The summed E-state index contributed by atoms with van der Waals surface area (Å²) in [7, 11) is -3.80. The van der Waals surface area contributed by atoms with Crippen molar-refractivity contribution in [2.45, 2.75) is 43.0 Å². The maximum Gasteiger partial charge on any atom is 0.309 e. The smallest absolute Gasteiger partial charge is 0.309 e. The lowest BCUT2D eigenvalue weighted by Crippen LogP contribution is -2.46. The monoisotopic (exact) mass is 411 g/mol. The van der Waals surface area contributed by atoms with Gasteiger partial charge >= 0.3 is 11.8 Å². The summed E-state index contributed by atoms with van der Waals surface area (Å²) < 4.78 is 35.3. The summed E-state index contributed by atoms with van der Waals surface area (Å²) in [6.07, 6.45) is 5.03. The Bertz CT molecular complexity index is 922. The quantitative estimate of drug-likeness (QED) is 0.470. The number of rotatable bonds is 6. The number of benzene rings is 1. The Morgan fingerprint density at radius 2 is 1.85 bits per heavy atom. The number of carbonyl (C=O) groups is 2. The van der Waals surface area contributed by atoms with Crippen LogP contribution < -0.4 is 15.4 Å². The number of amides is 2. The molecule has 0 unspecified atom stereocenters. The highest BCUT2D eigenvalue weighted by Crippen LogP contribution is 2.20. The minimum Gasteiger partial charge on any atom is -0.347 e. The summed E-state index contributed by atoms with van der Waals surface area (Å²) >= 11 is 0.939. The minimum absolute atomic E-state index is 0.00143. The second-order valence-corrected chi connectivity index (χ2v) is 8.61. The fourth-order valence-electron chi connectivity index (χ4n) is 3.02. The molecular formula is C16H21N5O4S2. The van der Waals surface area contributed by atoms with Gasteiger partial charge in [0, 0.05) is 19.1 Å². The lowest BCUT2D eigenvalue weighted by Gasteiger charge is -2.22. The Morgan fingerprint density at radius 1 is 1.07 bits per heavy atom. The summed E-state index contributed by atoms with van der Waals surface area (Å²) in [6.45, 7) is -0.0415. The Morgan fingerprint density at radius 3 is 2.63 bits per heavy atom. The van der Waals surface area contributed by atoms with Crippen LogP contribution in [0, 0.1) is 0 Å². The van der Waals surface area contributed by atoms with E-state index in [-0.39, 0.29) is 24.0 Å². The number of nitrogens with one attached hydrogen (secondary N) is 3. The highest BCUT2D eigenvalue weighted by Gasteiger charge is 2.21. The minimum atomic E-state index is -3.80. The highest BCUT2D eigenvalue weighted by molar-refractivity contribution is 7.89. The molecule has 0 aliphatic heterocycles. The second-order valence-electron chi connectivity index (χ2n) is 6.35. The Hall–Kier alpha value is -2.11. The Labute approximate surface area is 161 Å². The molecule has 1 aromatic carbocycles. The summed E-state index contributed by atoms with van der Waals surface area (Å²) in [4.78, 5) is 23.7. The highest BCUT2D eigenvalue weighted by atomic mass is 32.2. The molecule has 2 amide bonds. The van der Waals surface area contributed by atoms with E-state index in [0.717, 1.165) is 43.8 Å². The normalized spacial score (nSPS) is 15.6. The van der Waals surface area contributed by atoms with Crippen LogP contribution in [-0.2, 0) is 19.6 Å². The van der Waals surface area contributed by atoms with E-state index in [4.69, 9.17) is 0 Å². The van der Waals surface area contributed by atoms with Crippen molar-refractivity contribution in [3.8, 4) is 0 Å². The van der Waals surface area contributed by atoms with E-state index >= 15 is 0 Å². The molecule has 1 aromatic heterocycles. The van der Waals surface area contributed by atoms with Gasteiger partial charge in [-0.25, -0.2) is 13.1 Å². The van der Waals surface area contributed by atoms with Crippen LogP contribution in [0.25, 0.3) is 11.0 Å². The van der Waals surface area contributed by atoms with Crippen molar-refractivity contribution in [1.29, 1.82) is 0 Å². The third-order valence-corrected chi connectivity index (χ3v) is 6.42. The fourth-order valence-corrected chi connectivity index (χ4v) is 4.81. The van der Waals surface area contributed by atoms with E-state index < -0.39 is 21.8 Å². The van der Waals surface area contributed by atoms with Crippen LogP contribution in [-0.4, -0.2) is 48.1 Å². The predicted molar refractivity (Wildman–Crippen MR) is 101 cm³/mol. The van der Waals surface area contributed by atoms with Gasteiger partial charge in [-0.2, -0.15) is 8.75 Å². The molecule has 11 heteroatoms. The lowest BCUT2D eigenvalue weighted by atomic mass is 9.95. The number of nitrogens with zero attached hydrogens (tertiary/aromatic N) is 2. The van der Waals surface area contributed by atoms with Crippen molar-refractivity contribution in [2.24, 2.45) is 0 Å². The van der Waals surface area contributed by atoms with E-state index in [1.54, 1.807) is 12.1 Å². The predicted octanol–water partition coefficient (Wildman–Crippen LogP) is 0.535. The van der Waals surface area contributed by atoms with Gasteiger partial charge in [0.05, 0.1) is 11.7 Å². The van der Waals surface area contributed by atoms with Crippen LogP contribution >= 0.6 is 11.7 Å². The van der Waals surface area contributed by atoms with Gasteiger partial charge in [0.25, 0.3) is 0 Å². The van der Waals surface area contributed by atoms with Gasteiger partial charge < -0.3 is 10.6 Å². The molecule has 3 N–H and O–H groups in total. The molecule has 9 nitrogen and oxygen atoms in total. The number of aromatic nitrogens is 2. The molecule has 1 saturated carbocycles. The number of hydrogen-bond donors (Lipinski definition) is 3. The summed E-state index contributed by atoms with van der Waals surface area (Å²) in [5.41, 5.74) is 0.821. The summed E-state index contributed by atoms with van der Waals surface area (Å²) in [6, 6.07) is 4.77. The van der Waals surface area contributed by atoms with Crippen LogP contribution in [0.4, 0.5) is 0 Å². The number of carbonyl (C=O) groups excluding carboxylic acids is 2. The first-order chi connectivity index (χ1) is 13.0. The molecule has 3 rings (SSSR count). The zero-order valence-electron chi connectivity index (χ0n) is 14.6. The second kappa shape index (κ2) is 8.72. The number of hydrogen-bond acceptors (Lipinski definition) is 7. The first kappa shape index (κ1) is 19.6. The van der Waals surface area contributed by atoms with Crippen molar-refractivity contribution in [2.75, 3.05) is 13.1 Å². The lowest BCUT2D eigenvalue weighted by molar-refractivity contribution is -0.139. The molecule has 1 aliphatic rings. The third-order valence-electron chi connectivity index (χ3n) is 4.39. The average Bonchev–Trinajstić information content (AvgIpc) is 3.14.